The van der Waals surface area contributed by atoms with Crippen LogP contribution in [0.25, 0.3) is 11.0 Å². The van der Waals surface area contributed by atoms with E-state index < -0.39 is 0 Å². The molecule has 0 atom stereocenters. The Labute approximate surface area is 108 Å². The molecule has 3 aromatic rings. The standard InChI is InChI=1S/C12H11N5S/c13-5-8-6-15-11(7-14-8)18-12-16-9-3-1-2-4-10(9)17-12/h1-4,6-7H,5,13H2,(H,16,17). The second-order valence-electron chi connectivity index (χ2n) is 3.71. The van der Waals surface area contributed by atoms with Crippen LogP contribution in [-0.2, 0) is 6.54 Å². The number of hydrogen-bond acceptors (Lipinski definition) is 5. The Morgan fingerprint density at radius 1 is 1.17 bits per heavy atom. The molecule has 18 heavy (non-hydrogen) atoms. The third-order valence-corrected chi connectivity index (χ3v) is 3.27. The van der Waals surface area contributed by atoms with Gasteiger partial charge in [0.2, 0.25) is 0 Å². The Kier molecular flexibility index (Phi) is 2.95. The average molecular weight is 257 g/mol. The molecular weight excluding hydrogens is 246 g/mol. The highest BCUT2D eigenvalue weighted by Crippen LogP contribution is 2.24. The molecule has 0 saturated heterocycles. The van der Waals surface area contributed by atoms with Crippen molar-refractivity contribution >= 4 is 22.8 Å². The van der Waals surface area contributed by atoms with Crippen molar-refractivity contribution in [2.45, 2.75) is 16.7 Å². The lowest BCUT2D eigenvalue weighted by Gasteiger charge is -1.97. The van der Waals surface area contributed by atoms with Gasteiger partial charge in [-0.1, -0.05) is 12.1 Å². The van der Waals surface area contributed by atoms with Gasteiger partial charge in [0.15, 0.2) is 5.16 Å². The van der Waals surface area contributed by atoms with Crippen LogP contribution in [0.2, 0.25) is 0 Å². The minimum Gasteiger partial charge on any atom is -0.333 e. The SMILES string of the molecule is NCc1cnc(Sc2nc3ccccc3[nH]2)cn1. The van der Waals surface area contributed by atoms with E-state index in [4.69, 9.17) is 5.73 Å². The third kappa shape index (κ3) is 2.20. The van der Waals surface area contributed by atoms with Gasteiger partial charge in [0, 0.05) is 6.54 Å². The number of fused-ring (bicyclic) bond motifs is 1. The van der Waals surface area contributed by atoms with Crippen LogP contribution in [0.5, 0.6) is 0 Å². The van der Waals surface area contributed by atoms with E-state index >= 15 is 0 Å². The predicted octanol–water partition coefficient (Wildman–Crippen LogP) is 1.96. The fraction of sp³-hybridized carbons (Fsp3) is 0.0833. The van der Waals surface area contributed by atoms with E-state index in [0.717, 1.165) is 26.9 Å². The number of benzene rings is 1. The van der Waals surface area contributed by atoms with Gasteiger partial charge in [0.1, 0.15) is 5.03 Å². The molecular formula is C12H11N5S. The number of nitrogens with one attached hydrogen (secondary N) is 1. The van der Waals surface area contributed by atoms with Gasteiger partial charge < -0.3 is 10.7 Å². The van der Waals surface area contributed by atoms with E-state index in [1.54, 1.807) is 12.4 Å². The first-order valence-electron chi connectivity index (χ1n) is 5.49. The summed E-state index contributed by atoms with van der Waals surface area (Å²) in [6.07, 6.45) is 3.39. The first kappa shape index (κ1) is 11.2. The lowest BCUT2D eigenvalue weighted by Crippen LogP contribution is -2.00. The lowest BCUT2D eigenvalue weighted by molar-refractivity contribution is 0.920. The van der Waals surface area contributed by atoms with E-state index in [-0.39, 0.29) is 0 Å². The molecule has 2 aromatic heterocycles. The summed E-state index contributed by atoms with van der Waals surface area (Å²) in [5.41, 5.74) is 8.23. The van der Waals surface area contributed by atoms with E-state index in [0.29, 0.717) is 6.54 Å². The number of aromatic nitrogens is 4. The van der Waals surface area contributed by atoms with Crippen molar-refractivity contribution in [2.75, 3.05) is 0 Å². The zero-order chi connectivity index (χ0) is 12.4. The summed E-state index contributed by atoms with van der Waals surface area (Å²) < 4.78 is 0. The van der Waals surface area contributed by atoms with Crippen molar-refractivity contribution in [2.24, 2.45) is 5.73 Å². The molecule has 1 aromatic carbocycles. The van der Waals surface area contributed by atoms with Crippen molar-refractivity contribution in [3.63, 3.8) is 0 Å². The molecule has 0 saturated carbocycles. The zero-order valence-corrected chi connectivity index (χ0v) is 10.3. The van der Waals surface area contributed by atoms with Crippen LogP contribution in [0.15, 0.2) is 46.8 Å². The Balaban J connectivity index is 1.86. The number of H-pyrrole nitrogens is 1. The molecule has 0 amide bonds. The van der Waals surface area contributed by atoms with E-state index in [1.165, 1.54) is 11.8 Å². The molecule has 0 aliphatic heterocycles. The normalized spacial score (nSPS) is 10.9. The second-order valence-corrected chi connectivity index (χ2v) is 4.72. The number of nitrogens with zero attached hydrogens (tertiary/aromatic N) is 3. The number of aromatic amines is 1. The molecule has 90 valence electrons. The Bertz CT molecular complexity index is 629. The molecule has 0 fully saturated rings. The van der Waals surface area contributed by atoms with E-state index in [9.17, 15) is 0 Å². The highest BCUT2D eigenvalue weighted by atomic mass is 32.2. The van der Waals surface area contributed by atoms with Crippen molar-refractivity contribution in [1.29, 1.82) is 0 Å². The number of nitrogens with two attached hydrogens (primary N) is 1. The summed E-state index contributed by atoms with van der Waals surface area (Å²) in [5.74, 6) is 0. The van der Waals surface area contributed by atoms with Gasteiger partial charge in [-0.05, 0) is 23.9 Å². The first-order valence-corrected chi connectivity index (χ1v) is 6.30. The van der Waals surface area contributed by atoms with Gasteiger partial charge in [0.05, 0.1) is 29.1 Å². The summed E-state index contributed by atoms with van der Waals surface area (Å²) in [4.78, 5) is 16.2. The number of hydrogen-bond donors (Lipinski definition) is 2. The molecule has 3 N–H and O–H groups in total. The topological polar surface area (TPSA) is 80.5 Å². The molecule has 0 spiro atoms. The predicted molar refractivity (Wildman–Crippen MR) is 70.1 cm³/mol. The molecule has 0 unspecified atom stereocenters. The maximum absolute atomic E-state index is 5.48. The summed E-state index contributed by atoms with van der Waals surface area (Å²) in [6.45, 7) is 0.405. The molecule has 6 heteroatoms. The Hall–Kier alpha value is -1.92. The fourth-order valence-electron chi connectivity index (χ4n) is 1.58. The molecule has 0 radical (unpaired) electrons. The average Bonchev–Trinajstić information content (AvgIpc) is 2.82. The van der Waals surface area contributed by atoms with Gasteiger partial charge in [0.25, 0.3) is 0 Å². The summed E-state index contributed by atoms with van der Waals surface area (Å²) in [6, 6.07) is 7.91. The second kappa shape index (κ2) is 4.75. The number of para-hydroxylation sites is 2. The molecule has 2 heterocycles. The van der Waals surface area contributed by atoms with E-state index in [2.05, 4.69) is 19.9 Å². The third-order valence-electron chi connectivity index (χ3n) is 2.46. The monoisotopic (exact) mass is 257 g/mol. The summed E-state index contributed by atoms with van der Waals surface area (Å²) in [7, 11) is 0. The summed E-state index contributed by atoms with van der Waals surface area (Å²) in [5, 5.41) is 1.61. The smallest absolute Gasteiger partial charge is 0.172 e. The van der Waals surface area contributed by atoms with Crippen LogP contribution in [0, 0.1) is 0 Å². The number of rotatable bonds is 3. The molecule has 0 aliphatic carbocycles. The van der Waals surface area contributed by atoms with Gasteiger partial charge in [-0.3, -0.25) is 4.98 Å². The maximum atomic E-state index is 5.48. The molecule has 5 nitrogen and oxygen atoms in total. The van der Waals surface area contributed by atoms with Crippen molar-refractivity contribution in [3.8, 4) is 0 Å². The minimum atomic E-state index is 0.405. The minimum absolute atomic E-state index is 0.405. The van der Waals surface area contributed by atoms with Crippen LogP contribution in [0.3, 0.4) is 0 Å². The highest BCUT2D eigenvalue weighted by Gasteiger charge is 2.05. The van der Waals surface area contributed by atoms with Crippen LogP contribution in [-0.4, -0.2) is 19.9 Å². The highest BCUT2D eigenvalue weighted by molar-refractivity contribution is 7.99. The van der Waals surface area contributed by atoms with Crippen LogP contribution < -0.4 is 5.73 Å². The Morgan fingerprint density at radius 2 is 2.06 bits per heavy atom. The Morgan fingerprint density at radius 3 is 2.78 bits per heavy atom. The van der Waals surface area contributed by atoms with Crippen LogP contribution >= 0.6 is 11.8 Å². The number of imidazole rings is 1. The zero-order valence-electron chi connectivity index (χ0n) is 9.50. The summed E-state index contributed by atoms with van der Waals surface area (Å²) >= 11 is 1.45. The molecule has 0 bridgehead atoms. The van der Waals surface area contributed by atoms with Crippen LogP contribution in [0.1, 0.15) is 5.69 Å². The van der Waals surface area contributed by atoms with Crippen molar-refractivity contribution < 1.29 is 0 Å². The van der Waals surface area contributed by atoms with Crippen LogP contribution in [0.4, 0.5) is 0 Å². The maximum Gasteiger partial charge on any atom is 0.172 e. The van der Waals surface area contributed by atoms with Gasteiger partial charge >= 0.3 is 0 Å². The van der Waals surface area contributed by atoms with Gasteiger partial charge in [-0.15, -0.1) is 0 Å². The lowest BCUT2D eigenvalue weighted by atomic mass is 10.3. The molecule has 3 rings (SSSR count). The first-order chi connectivity index (χ1) is 8.85. The van der Waals surface area contributed by atoms with Gasteiger partial charge in [-0.25, -0.2) is 9.97 Å². The fourth-order valence-corrected chi connectivity index (χ4v) is 2.29. The largest absolute Gasteiger partial charge is 0.333 e. The van der Waals surface area contributed by atoms with Crippen molar-refractivity contribution in [1.82, 2.24) is 19.9 Å². The molecule has 0 aliphatic rings. The van der Waals surface area contributed by atoms with Crippen molar-refractivity contribution in [3.05, 3.63) is 42.4 Å². The van der Waals surface area contributed by atoms with Gasteiger partial charge in [-0.2, -0.15) is 0 Å². The van der Waals surface area contributed by atoms with E-state index in [1.807, 2.05) is 24.3 Å². The quantitative estimate of drug-likeness (QED) is 0.749.